The van der Waals surface area contributed by atoms with E-state index in [-0.39, 0.29) is 5.91 Å². The topological polar surface area (TPSA) is 59.0 Å². The predicted octanol–water partition coefficient (Wildman–Crippen LogP) is 2.92. The van der Waals surface area contributed by atoms with Crippen molar-refractivity contribution in [1.82, 2.24) is 14.9 Å². The molecule has 0 atom stereocenters. The molecule has 112 valence electrons. The number of aryl methyl sites for hydroxylation is 1. The van der Waals surface area contributed by atoms with E-state index in [1.165, 1.54) is 0 Å². The lowest BCUT2D eigenvalue weighted by Crippen LogP contribution is -2.18. The van der Waals surface area contributed by atoms with Crippen LogP contribution in [-0.2, 0) is 13.1 Å². The third-order valence-corrected chi connectivity index (χ3v) is 3.48. The summed E-state index contributed by atoms with van der Waals surface area (Å²) in [5.41, 5.74) is 1.30. The van der Waals surface area contributed by atoms with Crippen LogP contribution in [0.3, 0.4) is 0 Å². The van der Waals surface area contributed by atoms with Crippen LogP contribution < -0.4 is 10.6 Å². The molecule has 1 aromatic heterocycles. The summed E-state index contributed by atoms with van der Waals surface area (Å²) < 4.78 is 2.11. The van der Waals surface area contributed by atoms with Gasteiger partial charge in [-0.2, -0.15) is 0 Å². The van der Waals surface area contributed by atoms with E-state index in [0.29, 0.717) is 17.1 Å². The van der Waals surface area contributed by atoms with Gasteiger partial charge in [0, 0.05) is 31.7 Å². The minimum Gasteiger partial charge on any atom is -0.378 e. The molecule has 0 saturated heterocycles. The summed E-state index contributed by atoms with van der Waals surface area (Å²) in [5, 5.41) is 6.29. The standard InChI is InChI=1S/C15H19ClN4O/c1-3-7-20-8-6-18-14(20)10-19-11-4-5-13(16)12(9-11)15(21)17-2/h4-6,8-9,19H,3,7,10H2,1-2H3,(H,17,21). The van der Waals surface area contributed by atoms with Gasteiger partial charge in [-0.25, -0.2) is 4.98 Å². The molecule has 0 unspecified atom stereocenters. The average Bonchev–Trinajstić information content (AvgIpc) is 2.93. The molecule has 0 aliphatic rings. The van der Waals surface area contributed by atoms with Gasteiger partial charge in [-0.1, -0.05) is 18.5 Å². The Morgan fingerprint density at radius 3 is 2.95 bits per heavy atom. The van der Waals surface area contributed by atoms with Crippen LogP contribution in [0.1, 0.15) is 29.5 Å². The summed E-state index contributed by atoms with van der Waals surface area (Å²) in [7, 11) is 1.58. The van der Waals surface area contributed by atoms with Crippen LogP contribution in [-0.4, -0.2) is 22.5 Å². The van der Waals surface area contributed by atoms with Crippen molar-refractivity contribution in [2.45, 2.75) is 26.4 Å². The van der Waals surface area contributed by atoms with Crippen molar-refractivity contribution in [3.63, 3.8) is 0 Å². The lowest BCUT2D eigenvalue weighted by molar-refractivity contribution is 0.0963. The maximum atomic E-state index is 11.7. The van der Waals surface area contributed by atoms with Gasteiger partial charge >= 0.3 is 0 Å². The number of carbonyl (C=O) groups excluding carboxylic acids is 1. The molecule has 0 radical (unpaired) electrons. The van der Waals surface area contributed by atoms with Gasteiger partial charge < -0.3 is 15.2 Å². The SMILES string of the molecule is CCCn1ccnc1CNc1ccc(Cl)c(C(=O)NC)c1. The van der Waals surface area contributed by atoms with E-state index in [0.717, 1.165) is 24.5 Å². The number of anilines is 1. The van der Waals surface area contributed by atoms with Crippen LogP contribution in [0, 0.1) is 0 Å². The maximum absolute atomic E-state index is 11.7. The number of hydrogen-bond acceptors (Lipinski definition) is 3. The molecular weight excluding hydrogens is 288 g/mol. The number of hydrogen-bond donors (Lipinski definition) is 2. The second-order valence-electron chi connectivity index (χ2n) is 4.66. The van der Waals surface area contributed by atoms with Gasteiger partial charge in [-0.05, 0) is 24.6 Å². The highest BCUT2D eigenvalue weighted by Gasteiger charge is 2.10. The first-order chi connectivity index (χ1) is 10.2. The monoisotopic (exact) mass is 306 g/mol. The summed E-state index contributed by atoms with van der Waals surface area (Å²) in [4.78, 5) is 16.1. The molecule has 5 nitrogen and oxygen atoms in total. The molecule has 6 heteroatoms. The van der Waals surface area contributed by atoms with Crippen molar-refractivity contribution in [3.8, 4) is 0 Å². The zero-order chi connectivity index (χ0) is 15.2. The van der Waals surface area contributed by atoms with Gasteiger partial charge in [-0.3, -0.25) is 4.79 Å². The number of nitrogens with zero attached hydrogens (tertiary/aromatic N) is 2. The van der Waals surface area contributed by atoms with Crippen LogP contribution >= 0.6 is 11.6 Å². The molecular formula is C15H19ClN4O. The van der Waals surface area contributed by atoms with Gasteiger partial charge in [0.05, 0.1) is 17.1 Å². The zero-order valence-electron chi connectivity index (χ0n) is 12.2. The van der Waals surface area contributed by atoms with E-state index in [1.54, 1.807) is 25.4 Å². The Morgan fingerprint density at radius 1 is 1.43 bits per heavy atom. The summed E-state index contributed by atoms with van der Waals surface area (Å²) in [6.45, 7) is 3.68. The third-order valence-electron chi connectivity index (χ3n) is 3.15. The molecule has 2 N–H and O–H groups in total. The van der Waals surface area contributed by atoms with E-state index in [2.05, 4.69) is 27.1 Å². The lowest BCUT2D eigenvalue weighted by atomic mass is 10.2. The fourth-order valence-corrected chi connectivity index (χ4v) is 2.28. The highest BCUT2D eigenvalue weighted by Crippen LogP contribution is 2.21. The van der Waals surface area contributed by atoms with Crippen LogP contribution in [0.15, 0.2) is 30.6 Å². The quantitative estimate of drug-likeness (QED) is 0.862. The van der Waals surface area contributed by atoms with Crippen molar-refractivity contribution in [2.24, 2.45) is 0 Å². The molecule has 2 aromatic rings. The fraction of sp³-hybridized carbons (Fsp3) is 0.333. The second kappa shape index (κ2) is 7.13. The molecule has 1 aromatic carbocycles. The zero-order valence-corrected chi connectivity index (χ0v) is 12.9. The van der Waals surface area contributed by atoms with Crippen LogP contribution in [0.5, 0.6) is 0 Å². The summed E-state index contributed by atoms with van der Waals surface area (Å²) in [5.74, 6) is 0.768. The first kappa shape index (κ1) is 15.4. The van der Waals surface area contributed by atoms with Gasteiger partial charge in [0.1, 0.15) is 5.82 Å². The molecule has 21 heavy (non-hydrogen) atoms. The van der Waals surface area contributed by atoms with E-state index in [9.17, 15) is 4.79 Å². The Hall–Kier alpha value is -2.01. The summed E-state index contributed by atoms with van der Waals surface area (Å²) >= 11 is 6.03. The highest BCUT2D eigenvalue weighted by atomic mass is 35.5. The van der Waals surface area contributed by atoms with Crippen LogP contribution in [0.25, 0.3) is 0 Å². The van der Waals surface area contributed by atoms with Crippen molar-refractivity contribution < 1.29 is 4.79 Å². The van der Waals surface area contributed by atoms with Crippen molar-refractivity contribution >= 4 is 23.2 Å². The number of halogens is 1. The van der Waals surface area contributed by atoms with Gasteiger partial charge in [-0.15, -0.1) is 0 Å². The van der Waals surface area contributed by atoms with Crippen molar-refractivity contribution in [2.75, 3.05) is 12.4 Å². The first-order valence-corrected chi connectivity index (χ1v) is 7.29. The minimum absolute atomic E-state index is 0.198. The number of aromatic nitrogens is 2. The maximum Gasteiger partial charge on any atom is 0.252 e. The third kappa shape index (κ3) is 3.76. The minimum atomic E-state index is -0.198. The number of benzene rings is 1. The van der Waals surface area contributed by atoms with E-state index in [4.69, 9.17) is 11.6 Å². The molecule has 0 fully saturated rings. The molecule has 2 rings (SSSR count). The molecule has 0 spiro atoms. The van der Waals surface area contributed by atoms with Crippen molar-refractivity contribution in [3.05, 3.63) is 47.0 Å². The Kier molecular flexibility index (Phi) is 5.22. The van der Waals surface area contributed by atoms with Crippen LogP contribution in [0.2, 0.25) is 5.02 Å². The normalized spacial score (nSPS) is 10.4. The Labute approximate surface area is 129 Å². The van der Waals surface area contributed by atoms with E-state index >= 15 is 0 Å². The molecule has 0 aliphatic carbocycles. The summed E-state index contributed by atoms with van der Waals surface area (Å²) in [6, 6.07) is 5.31. The molecule has 0 bridgehead atoms. The number of rotatable bonds is 6. The van der Waals surface area contributed by atoms with Gasteiger partial charge in [0.15, 0.2) is 0 Å². The number of nitrogens with one attached hydrogen (secondary N) is 2. The smallest absolute Gasteiger partial charge is 0.252 e. The number of imidazole rings is 1. The second-order valence-corrected chi connectivity index (χ2v) is 5.07. The Balaban J connectivity index is 2.09. The van der Waals surface area contributed by atoms with Gasteiger partial charge in [0.2, 0.25) is 0 Å². The average molecular weight is 307 g/mol. The van der Waals surface area contributed by atoms with E-state index in [1.807, 2.05) is 12.3 Å². The van der Waals surface area contributed by atoms with Gasteiger partial charge in [0.25, 0.3) is 5.91 Å². The Morgan fingerprint density at radius 2 is 2.24 bits per heavy atom. The van der Waals surface area contributed by atoms with Crippen LogP contribution in [0.4, 0.5) is 5.69 Å². The van der Waals surface area contributed by atoms with Crippen molar-refractivity contribution in [1.29, 1.82) is 0 Å². The van der Waals surface area contributed by atoms with E-state index < -0.39 is 0 Å². The first-order valence-electron chi connectivity index (χ1n) is 6.91. The predicted molar refractivity (Wildman–Crippen MR) is 84.7 cm³/mol. The lowest BCUT2D eigenvalue weighted by Gasteiger charge is -2.10. The fourth-order valence-electron chi connectivity index (χ4n) is 2.08. The summed E-state index contributed by atoms with van der Waals surface area (Å²) in [6.07, 6.45) is 4.83. The molecule has 1 heterocycles. The molecule has 0 saturated carbocycles. The molecule has 0 aliphatic heterocycles. The Bertz CT molecular complexity index is 624. The number of carbonyl (C=O) groups is 1. The largest absolute Gasteiger partial charge is 0.378 e. The number of amides is 1. The molecule has 1 amide bonds. The highest BCUT2D eigenvalue weighted by molar-refractivity contribution is 6.34.